The lowest BCUT2D eigenvalue weighted by atomic mass is 10.3. The lowest BCUT2D eigenvalue weighted by Gasteiger charge is -2.07. The fourth-order valence-electron chi connectivity index (χ4n) is 1.59. The van der Waals surface area contributed by atoms with E-state index in [2.05, 4.69) is 25.6 Å². The molecule has 2 rings (SSSR count). The number of ether oxygens (including phenoxy) is 1. The van der Waals surface area contributed by atoms with Crippen LogP contribution in [0.15, 0.2) is 33.1 Å². The van der Waals surface area contributed by atoms with E-state index >= 15 is 0 Å². The average Bonchev–Trinajstić information content (AvgIpc) is 2.87. The van der Waals surface area contributed by atoms with Crippen LogP contribution in [0, 0.1) is 0 Å². The van der Waals surface area contributed by atoms with E-state index < -0.39 is 10.0 Å². The van der Waals surface area contributed by atoms with E-state index in [0.29, 0.717) is 14.5 Å². The molecule has 0 aliphatic heterocycles. The van der Waals surface area contributed by atoms with Gasteiger partial charge in [-0.25, -0.2) is 18.1 Å². The molecule has 0 atom stereocenters. The van der Waals surface area contributed by atoms with Gasteiger partial charge >= 0.3 is 0 Å². The second-order valence-electron chi connectivity index (χ2n) is 4.04. The molecule has 9 heteroatoms. The van der Waals surface area contributed by atoms with Gasteiger partial charge in [-0.1, -0.05) is 0 Å². The number of hydrogen-bond acceptors (Lipinski definition) is 6. The first-order chi connectivity index (χ1) is 9.96. The molecule has 0 fully saturated rings. The van der Waals surface area contributed by atoms with Crippen LogP contribution in [0.1, 0.15) is 10.4 Å². The van der Waals surface area contributed by atoms with Gasteiger partial charge in [-0.3, -0.25) is 0 Å². The van der Waals surface area contributed by atoms with Crippen LogP contribution in [0.3, 0.4) is 0 Å². The predicted molar refractivity (Wildman–Crippen MR) is 82.8 cm³/mol. The van der Waals surface area contributed by atoms with E-state index in [9.17, 15) is 8.42 Å². The van der Waals surface area contributed by atoms with Gasteiger partial charge in [-0.15, -0.1) is 11.3 Å². The molecule has 0 amide bonds. The van der Waals surface area contributed by atoms with Gasteiger partial charge in [-0.05, 0) is 33.6 Å². The van der Waals surface area contributed by atoms with E-state index in [4.69, 9.17) is 9.84 Å². The van der Waals surface area contributed by atoms with Gasteiger partial charge in [0.1, 0.15) is 4.90 Å². The summed E-state index contributed by atoms with van der Waals surface area (Å²) in [6.07, 6.45) is 1.55. The smallest absolute Gasteiger partial charge is 0.242 e. The Morgan fingerprint density at radius 1 is 1.48 bits per heavy atom. The van der Waals surface area contributed by atoms with Crippen molar-refractivity contribution in [3.8, 4) is 5.88 Å². The molecule has 2 N–H and O–H groups in total. The number of nitrogens with zero attached hydrogens (tertiary/aromatic N) is 1. The summed E-state index contributed by atoms with van der Waals surface area (Å²) in [7, 11) is -2.16. The normalized spacial score (nSPS) is 11.6. The van der Waals surface area contributed by atoms with Crippen molar-refractivity contribution in [2.24, 2.45) is 0 Å². The third kappa shape index (κ3) is 4.01. The molecule has 0 aromatic carbocycles. The molecule has 2 heterocycles. The highest BCUT2D eigenvalue weighted by atomic mass is 79.9. The van der Waals surface area contributed by atoms with Gasteiger partial charge in [0, 0.05) is 23.7 Å². The van der Waals surface area contributed by atoms with Gasteiger partial charge in [0.25, 0.3) is 0 Å². The average molecular weight is 393 g/mol. The number of nitrogens with one attached hydrogen (secondary N) is 1. The minimum atomic E-state index is -3.66. The second kappa shape index (κ2) is 6.84. The van der Waals surface area contributed by atoms with Crippen LogP contribution in [0.4, 0.5) is 0 Å². The number of halogens is 1. The van der Waals surface area contributed by atoms with Crippen molar-refractivity contribution in [3.05, 3.63) is 38.6 Å². The summed E-state index contributed by atoms with van der Waals surface area (Å²) < 4.78 is 32.4. The number of aliphatic hydroxyl groups is 1. The van der Waals surface area contributed by atoms with E-state index in [0.717, 1.165) is 5.56 Å². The summed E-state index contributed by atoms with van der Waals surface area (Å²) in [5.74, 6) is 0.422. The van der Waals surface area contributed by atoms with Crippen LogP contribution in [0.25, 0.3) is 0 Å². The minimum absolute atomic E-state index is 0.123. The van der Waals surface area contributed by atoms with Crippen molar-refractivity contribution in [2.45, 2.75) is 18.0 Å². The monoisotopic (exact) mass is 392 g/mol. The number of thiophene rings is 1. The zero-order valence-electron chi connectivity index (χ0n) is 11.0. The first-order valence-corrected chi connectivity index (χ1v) is 8.93. The zero-order valence-corrected chi connectivity index (χ0v) is 14.3. The molecule has 6 nitrogen and oxygen atoms in total. The van der Waals surface area contributed by atoms with Crippen molar-refractivity contribution in [1.29, 1.82) is 0 Å². The SMILES string of the molecule is COc1cc(CNS(=O)(=O)c2cc(CO)sc2Br)ccn1. The van der Waals surface area contributed by atoms with Crippen LogP contribution in [-0.2, 0) is 23.2 Å². The molecule has 0 saturated carbocycles. The van der Waals surface area contributed by atoms with Crippen LogP contribution in [-0.4, -0.2) is 25.6 Å². The zero-order chi connectivity index (χ0) is 15.5. The predicted octanol–water partition coefficient (Wildman–Crippen LogP) is 1.89. The summed E-state index contributed by atoms with van der Waals surface area (Å²) >= 11 is 4.39. The van der Waals surface area contributed by atoms with Crippen LogP contribution < -0.4 is 9.46 Å². The molecular formula is C12H13BrN2O4S2. The standard InChI is InChI=1S/C12H13BrN2O4S2/c1-19-11-4-8(2-3-14-11)6-15-21(17,18)10-5-9(7-16)20-12(10)13/h2-5,15-16H,6-7H2,1H3. The quantitative estimate of drug-likeness (QED) is 0.783. The summed E-state index contributed by atoms with van der Waals surface area (Å²) in [6.45, 7) is -0.0711. The number of hydrogen-bond donors (Lipinski definition) is 2. The van der Waals surface area contributed by atoms with Crippen molar-refractivity contribution >= 4 is 37.3 Å². The van der Waals surface area contributed by atoms with Gasteiger partial charge in [0.2, 0.25) is 15.9 Å². The van der Waals surface area contributed by atoms with Crippen molar-refractivity contribution in [2.75, 3.05) is 7.11 Å². The third-order valence-corrected chi connectivity index (χ3v) is 6.26. The summed E-state index contributed by atoms with van der Waals surface area (Å²) in [6, 6.07) is 4.81. The highest BCUT2D eigenvalue weighted by Crippen LogP contribution is 2.31. The molecule has 0 bridgehead atoms. The molecule has 0 saturated heterocycles. The first-order valence-electron chi connectivity index (χ1n) is 5.84. The second-order valence-corrected chi connectivity index (χ2v) is 8.23. The van der Waals surface area contributed by atoms with Crippen LogP contribution >= 0.6 is 27.3 Å². The van der Waals surface area contributed by atoms with E-state index in [1.165, 1.54) is 24.5 Å². The lowest BCUT2D eigenvalue weighted by molar-refractivity contribution is 0.285. The van der Waals surface area contributed by atoms with Crippen molar-refractivity contribution < 1.29 is 18.3 Å². The van der Waals surface area contributed by atoms with Gasteiger partial charge in [0.05, 0.1) is 17.5 Å². The maximum absolute atomic E-state index is 12.2. The molecule has 0 radical (unpaired) electrons. The Morgan fingerprint density at radius 3 is 2.86 bits per heavy atom. The van der Waals surface area contributed by atoms with E-state index in [1.54, 1.807) is 18.3 Å². The number of sulfonamides is 1. The fraction of sp³-hybridized carbons (Fsp3) is 0.250. The summed E-state index contributed by atoms with van der Waals surface area (Å²) in [4.78, 5) is 4.66. The Balaban J connectivity index is 2.15. The Morgan fingerprint density at radius 2 is 2.24 bits per heavy atom. The molecule has 0 unspecified atom stereocenters. The summed E-state index contributed by atoms with van der Waals surface area (Å²) in [5, 5.41) is 9.06. The Labute approximate surface area is 135 Å². The minimum Gasteiger partial charge on any atom is -0.481 e. The van der Waals surface area contributed by atoms with Crippen LogP contribution in [0.5, 0.6) is 5.88 Å². The number of aliphatic hydroxyl groups excluding tert-OH is 1. The van der Waals surface area contributed by atoms with Crippen molar-refractivity contribution in [3.63, 3.8) is 0 Å². The number of methoxy groups -OCH3 is 1. The van der Waals surface area contributed by atoms with Gasteiger partial charge in [-0.2, -0.15) is 0 Å². The molecule has 21 heavy (non-hydrogen) atoms. The number of rotatable bonds is 6. The maximum Gasteiger partial charge on any atom is 0.242 e. The van der Waals surface area contributed by atoms with Crippen molar-refractivity contribution in [1.82, 2.24) is 9.71 Å². The lowest BCUT2D eigenvalue weighted by Crippen LogP contribution is -2.23. The van der Waals surface area contributed by atoms with E-state index in [-0.39, 0.29) is 18.0 Å². The molecule has 0 aliphatic carbocycles. The molecule has 0 aliphatic rings. The van der Waals surface area contributed by atoms with Crippen LogP contribution in [0.2, 0.25) is 0 Å². The Bertz CT molecular complexity index is 731. The molecular weight excluding hydrogens is 380 g/mol. The topological polar surface area (TPSA) is 88.5 Å². The maximum atomic E-state index is 12.2. The third-order valence-electron chi connectivity index (χ3n) is 2.63. The molecule has 114 valence electrons. The molecule has 2 aromatic rings. The highest BCUT2D eigenvalue weighted by Gasteiger charge is 2.20. The fourth-order valence-corrected chi connectivity index (χ4v) is 5.15. The van der Waals surface area contributed by atoms with E-state index in [1.807, 2.05) is 0 Å². The highest BCUT2D eigenvalue weighted by molar-refractivity contribution is 9.11. The number of pyridine rings is 1. The largest absolute Gasteiger partial charge is 0.481 e. The molecule has 2 aromatic heterocycles. The Hall–Kier alpha value is -1.00. The first kappa shape index (κ1) is 16.4. The van der Waals surface area contributed by atoms with Gasteiger partial charge < -0.3 is 9.84 Å². The number of aromatic nitrogens is 1. The Kier molecular flexibility index (Phi) is 5.33. The van der Waals surface area contributed by atoms with Gasteiger partial charge in [0.15, 0.2) is 0 Å². The summed E-state index contributed by atoms with van der Waals surface area (Å²) in [5.41, 5.74) is 0.735. The molecule has 0 spiro atoms.